The minimum atomic E-state index is -1.98. The second-order valence-electron chi connectivity index (χ2n) is 34.6. The van der Waals surface area contributed by atoms with E-state index in [1.165, 1.54) is 372 Å². The van der Waals surface area contributed by atoms with E-state index >= 15 is 0 Å². The number of aliphatic hydroxyl groups excluding tert-OH is 11. The van der Waals surface area contributed by atoms with E-state index in [1.54, 1.807) is 6.08 Å². The minimum absolute atomic E-state index is 0.251. The second-order valence-corrected chi connectivity index (χ2v) is 34.6. The lowest BCUT2D eigenvalue weighted by Gasteiger charge is -2.48. The highest BCUT2D eigenvalue weighted by Gasteiger charge is 2.54. The van der Waals surface area contributed by atoms with Crippen LogP contribution in [0.3, 0.4) is 0 Å². The number of allylic oxidation sites excluding steroid dienone is 1. The summed E-state index contributed by atoms with van der Waals surface area (Å²) in [6.07, 6.45) is 65.4. The number of rotatable bonds is 80. The molecule has 17 atom stereocenters. The van der Waals surface area contributed by atoms with Crippen molar-refractivity contribution in [2.24, 2.45) is 0 Å². The summed E-state index contributed by atoms with van der Waals surface area (Å²) in [6, 6.07) is -0.972. The summed E-state index contributed by atoms with van der Waals surface area (Å²) in [7, 11) is 0. The molecule has 0 saturated carbocycles. The summed E-state index contributed by atoms with van der Waals surface area (Å²) in [5.74, 6) is -0.264. The van der Waals surface area contributed by atoms with E-state index in [2.05, 4.69) is 19.2 Å². The highest BCUT2D eigenvalue weighted by Crippen LogP contribution is 2.34. The Bertz CT molecular complexity index is 2060. The first-order valence-electron chi connectivity index (χ1n) is 47.9. The van der Waals surface area contributed by atoms with Gasteiger partial charge in [-0.2, -0.15) is 0 Å². The van der Waals surface area contributed by atoms with Gasteiger partial charge in [0.15, 0.2) is 18.9 Å². The van der Waals surface area contributed by atoms with Gasteiger partial charge in [0.2, 0.25) is 5.91 Å². The Labute approximate surface area is 684 Å². The van der Waals surface area contributed by atoms with Crippen LogP contribution in [0.1, 0.15) is 444 Å². The summed E-state index contributed by atoms with van der Waals surface area (Å²) in [5, 5.41) is 121. The van der Waals surface area contributed by atoms with E-state index in [0.717, 1.165) is 44.9 Å². The molecule has 17 unspecified atom stereocenters. The molecule has 0 aliphatic carbocycles. The van der Waals surface area contributed by atoms with Gasteiger partial charge in [-0.15, -0.1) is 0 Å². The maximum absolute atomic E-state index is 13.5. The van der Waals surface area contributed by atoms with Crippen LogP contribution in [0, 0.1) is 0 Å². The van der Waals surface area contributed by atoms with E-state index in [0.29, 0.717) is 6.42 Å². The molecule has 1 amide bonds. The lowest BCUT2D eigenvalue weighted by Crippen LogP contribution is -2.66. The van der Waals surface area contributed by atoms with Gasteiger partial charge in [0.05, 0.1) is 38.6 Å². The van der Waals surface area contributed by atoms with Gasteiger partial charge in [-0.1, -0.05) is 431 Å². The van der Waals surface area contributed by atoms with Gasteiger partial charge in [0.25, 0.3) is 0 Å². The average molecular weight is 1600 g/mol. The van der Waals surface area contributed by atoms with Crippen LogP contribution in [-0.4, -0.2) is 193 Å². The molecule has 3 rings (SSSR count). The topological polar surface area (TPSA) is 307 Å². The quantitative estimate of drug-likeness (QED) is 0.0199. The highest BCUT2D eigenvalue weighted by molar-refractivity contribution is 5.76. The Kier molecular flexibility index (Phi) is 68.7. The predicted molar refractivity (Wildman–Crippen MR) is 453 cm³/mol. The molecule has 12 N–H and O–H groups in total. The van der Waals surface area contributed by atoms with Crippen molar-refractivity contribution in [2.75, 3.05) is 26.4 Å². The Morgan fingerprint density at radius 3 is 0.839 bits per heavy atom. The normalized spacial score (nSPS) is 24.9. The lowest BCUT2D eigenvalue weighted by atomic mass is 9.96. The van der Waals surface area contributed by atoms with Crippen molar-refractivity contribution >= 4 is 5.91 Å². The van der Waals surface area contributed by atoms with Crippen molar-refractivity contribution in [3.8, 4) is 0 Å². The fraction of sp³-hybridized carbons (Fsp3) is 0.968. The first-order chi connectivity index (χ1) is 54.8. The predicted octanol–water partition coefficient (Wildman–Crippen LogP) is 19.0. The zero-order valence-electron chi connectivity index (χ0n) is 72.0. The van der Waals surface area contributed by atoms with Crippen LogP contribution in [0.2, 0.25) is 0 Å². The molecule has 0 spiro atoms. The Hall–Kier alpha value is -1.47. The highest BCUT2D eigenvalue weighted by atomic mass is 16.8. The molecule has 0 bridgehead atoms. The van der Waals surface area contributed by atoms with Gasteiger partial charge in [0.1, 0.15) is 73.2 Å². The first-order valence-corrected chi connectivity index (χ1v) is 47.9. The van der Waals surface area contributed by atoms with Crippen LogP contribution in [0.4, 0.5) is 0 Å². The summed E-state index contributed by atoms with van der Waals surface area (Å²) in [5.41, 5.74) is 0. The van der Waals surface area contributed by atoms with Crippen molar-refractivity contribution in [3.05, 3.63) is 12.2 Å². The molecule has 0 aromatic heterocycles. The van der Waals surface area contributed by atoms with Gasteiger partial charge >= 0.3 is 0 Å². The number of unbranched alkanes of at least 4 members (excludes halogenated alkanes) is 64. The van der Waals surface area contributed by atoms with Crippen LogP contribution in [0.5, 0.6) is 0 Å². The molecular weight excluding hydrogens is 1420 g/mol. The molecule has 112 heavy (non-hydrogen) atoms. The molecule has 19 heteroatoms. The average Bonchev–Trinajstić information content (AvgIpc) is 0.781. The van der Waals surface area contributed by atoms with Crippen molar-refractivity contribution < 1.29 is 89.4 Å². The van der Waals surface area contributed by atoms with E-state index < -0.39 is 124 Å². The van der Waals surface area contributed by atoms with Crippen molar-refractivity contribution in [3.63, 3.8) is 0 Å². The van der Waals surface area contributed by atoms with Crippen LogP contribution in [0.25, 0.3) is 0 Å². The van der Waals surface area contributed by atoms with Gasteiger partial charge in [0, 0.05) is 6.42 Å². The smallest absolute Gasteiger partial charge is 0.220 e. The van der Waals surface area contributed by atoms with Crippen LogP contribution >= 0.6 is 0 Å². The van der Waals surface area contributed by atoms with Gasteiger partial charge in [-0.05, 0) is 19.3 Å². The number of amides is 1. The first kappa shape index (κ1) is 105. The number of ether oxygens (including phenoxy) is 6. The fourth-order valence-electron chi connectivity index (χ4n) is 16.7. The SMILES string of the molecule is CCCCCCCCCCCCCCCCCCCCCCCCCCCCC/C=C/C(O)C(COC1OC(CO)C(OC2OC(CO)C(OC3OC(CO)C(O)C(O)C3O)C(O)C2O)C(O)C1O)NC(=O)CCCCCCCCCCCCCCCCCCCCCCCCCCCCCCCCCCCCCCCC. The number of hydrogen-bond acceptors (Lipinski definition) is 18. The Balaban J connectivity index is 1.29. The van der Waals surface area contributed by atoms with Crippen molar-refractivity contribution in [1.29, 1.82) is 0 Å². The molecule has 19 nitrogen and oxygen atoms in total. The third-order valence-electron chi connectivity index (χ3n) is 24.3. The molecular formula is C93H179NO18. The zero-order chi connectivity index (χ0) is 81.0. The van der Waals surface area contributed by atoms with E-state index in [9.17, 15) is 61.0 Å². The molecule has 0 radical (unpaired) electrons. The molecule has 3 saturated heterocycles. The van der Waals surface area contributed by atoms with Crippen LogP contribution in [-0.2, 0) is 33.2 Å². The molecule has 3 fully saturated rings. The number of carbonyl (C=O) groups excluding carboxylic acids is 1. The number of aliphatic hydroxyl groups is 11. The molecule has 0 aromatic carbocycles. The third kappa shape index (κ3) is 51.2. The minimum Gasteiger partial charge on any atom is -0.394 e. The summed E-state index contributed by atoms with van der Waals surface area (Å²) < 4.78 is 34.6. The van der Waals surface area contributed by atoms with Crippen LogP contribution < -0.4 is 5.32 Å². The second kappa shape index (κ2) is 73.5. The fourth-order valence-corrected chi connectivity index (χ4v) is 16.7. The summed E-state index contributed by atoms with van der Waals surface area (Å²) in [6.45, 7) is 1.83. The standard InChI is InChI=1S/C93H179NO18/c1-3-5-7-9-11-13-15-17-19-21-23-25-27-29-31-33-34-35-36-37-38-39-40-41-43-45-47-49-51-53-55-57-59-61-63-65-67-69-71-81(99)94-76(77(98)70-68-66-64-62-60-58-56-54-52-50-48-46-44-42-32-30-28-26-24-22-20-18-16-14-12-10-8-6-4-2)75-107-91-87(105)84(102)89(79(73-96)109-91)112-93-88(106)85(103)90(80(74-97)110-93)111-92-86(104)83(101)82(100)78(72-95)108-92/h68,70,76-80,82-93,95-98,100-106H,3-67,69,71-75H2,1-2H3,(H,94,99)/b70-68+. The molecule has 0 aromatic rings. The maximum atomic E-state index is 13.5. The van der Waals surface area contributed by atoms with Crippen molar-refractivity contribution in [2.45, 2.75) is 548 Å². The van der Waals surface area contributed by atoms with E-state index in [4.69, 9.17) is 28.4 Å². The summed E-state index contributed by atoms with van der Waals surface area (Å²) >= 11 is 0. The molecule has 3 aliphatic rings. The van der Waals surface area contributed by atoms with Crippen molar-refractivity contribution in [1.82, 2.24) is 5.32 Å². The number of carbonyl (C=O) groups is 1. The number of nitrogens with one attached hydrogen (secondary N) is 1. The Morgan fingerprint density at radius 1 is 0.312 bits per heavy atom. The maximum Gasteiger partial charge on any atom is 0.220 e. The number of hydrogen-bond donors (Lipinski definition) is 12. The molecule has 664 valence electrons. The molecule has 3 aliphatic heterocycles. The van der Waals surface area contributed by atoms with E-state index in [-0.39, 0.29) is 18.9 Å². The van der Waals surface area contributed by atoms with Gasteiger partial charge < -0.3 is 89.9 Å². The van der Waals surface area contributed by atoms with E-state index in [1.807, 2.05) is 6.08 Å². The Morgan fingerprint density at radius 2 is 0.554 bits per heavy atom. The van der Waals surface area contributed by atoms with Gasteiger partial charge in [-0.25, -0.2) is 0 Å². The lowest BCUT2D eigenvalue weighted by molar-refractivity contribution is -0.379. The van der Waals surface area contributed by atoms with Crippen LogP contribution in [0.15, 0.2) is 12.2 Å². The molecule has 3 heterocycles. The monoisotopic (exact) mass is 1600 g/mol. The third-order valence-corrected chi connectivity index (χ3v) is 24.3. The largest absolute Gasteiger partial charge is 0.394 e. The summed E-state index contributed by atoms with van der Waals surface area (Å²) in [4.78, 5) is 13.5. The zero-order valence-corrected chi connectivity index (χ0v) is 72.0. The van der Waals surface area contributed by atoms with Gasteiger partial charge in [-0.3, -0.25) is 4.79 Å².